The summed E-state index contributed by atoms with van der Waals surface area (Å²) in [5.41, 5.74) is 1.66. The molecule has 1 aromatic carbocycles. The van der Waals surface area contributed by atoms with Crippen LogP contribution in [0, 0.1) is 5.82 Å². The molecule has 1 N–H and O–H groups in total. The van der Waals surface area contributed by atoms with Crippen LogP contribution in [-0.4, -0.2) is 16.3 Å². The van der Waals surface area contributed by atoms with Gasteiger partial charge < -0.3 is 5.32 Å². The number of aromatic nitrogens is 2. The molecule has 3 nitrogen and oxygen atoms in total. The Kier molecular flexibility index (Phi) is 5.15. The van der Waals surface area contributed by atoms with Crippen molar-refractivity contribution in [2.24, 2.45) is 7.05 Å². The molecule has 0 radical (unpaired) electrons. The molecule has 0 spiro atoms. The maximum Gasteiger partial charge on any atom is 0.126 e. The topological polar surface area (TPSA) is 29.9 Å². The first kappa shape index (κ1) is 15.0. The molecule has 5 heteroatoms. The van der Waals surface area contributed by atoms with E-state index in [0.29, 0.717) is 17.0 Å². The van der Waals surface area contributed by atoms with Gasteiger partial charge >= 0.3 is 0 Å². The maximum absolute atomic E-state index is 13.9. The van der Waals surface area contributed by atoms with Gasteiger partial charge in [-0.15, -0.1) is 0 Å². The Morgan fingerprint density at radius 2 is 2.20 bits per heavy atom. The van der Waals surface area contributed by atoms with Crippen LogP contribution in [0.4, 0.5) is 4.39 Å². The number of halogens is 2. The van der Waals surface area contributed by atoms with Gasteiger partial charge in [-0.25, -0.2) is 4.39 Å². The normalized spacial score (nSPS) is 12.6. The van der Waals surface area contributed by atoms with Crippen molar-refractivity contribution in [3.8, 4) is 0 Å². The van der Waals surface area contributed by atoms with Gasteiger partial charge in [0.05, 0.1) is 11.7 Å². The van der Waals surface area contributed by atoms with E-state index in [1.165, 1.54) is 6.07 Å². The van der Waals surface area contributed by atoms with E-state index < -0.39 is 0 Å². The molecule has 20 heavy (non-hydrogen) atoms. The highest BCUT2D eigenvalue weighted by Crippen LogP contribution is 2.22. The summed E-state index contributed by atoms with van der Waals surface area (Å²) in [6.45, 7) is 2.98. The van der Waals surface area contributed by atoms with E-state index >= 15 is 0 Å². The van der Waals surface area contributed by atoms with Crippen LogP contribution in [-0.2, 0) is 13.5 Å². The number of nitrogens with one attached hydrogen (secondary N) is 1. The fraction of sp³-hybridized carbons (Fsp3) is 0.400. The second kappa shape index (κ2) is 6.86. The standard InChI is InChI=1S/C15H19ClFN3/c1-3-7-18-14(15-6-8-19-20(15)2)10-11-9-12(16)4-5-13(11)17/h4-6,8-9,14,18H,3,7,10H2,1-2H3. The monoisotopic (exact) mass is 295 g/mol. The summed E-state index contributed by atoms with van der Waals surface area (Å²) in [5.74, 6) is -0.222. The minimum absolute atomic E-state index is 0.0235. The third-order valence-electron chi connectivity index (χ3n) is 3.29. The molecular formula is C15H19ClFN3. The van der Waals surface area contributed by atoms with Gasteiger partial charge in [-0.05, 0) is 49.2 Å². The lowest BCUT2D eigenvalue weighted by atomic mass is 10.0. The van der Waals surface area contributed by atoms with Crippen LogP contribution in [0.3, 0.4) is 0 Å². The molecule has 0 saturated carbocycles. The maximum atomic E-state index is 13.9. The van der Waals surface area contributed by atoms with Crippen LogP contribution >= 0.6 is 11.6 Å². The molecule has 1 heterocycles. The van der Waals surface area contributed by atoms with Crippen LogP contribution in [0.25, 0.3) is 0 Å². The highest BCUT2D eigenvalue weighted by atomic mass is 35.5. The number of benzene rings is 1. The van der Waals surface area contributed by atoms with Gasteiger partial charge in [0.15, 0.2) is 0 Å². The van der Waals surface area contributed by atoms with Crippen molar-refractivity contribution in [3.05, 3.63) is 52.6 Å². The Labute approximate surface area is 123 Å². The smallest absolute Gasteiger partial charge is 0.126 e. The highest BCUT2D eigenvalue weighted by Gasteiger charge is 2.17. The van der Waals surface area contributed by atoms with Gasteiger partial charge in [0.2, 0.25) is 0 Å². The Bertz CT molecular complexity index is 568. The zero-order valence-electron chi connectivity index (χ0n) is 11.7. The molecule has 1 aromatic heterocycles. The lowest BCUT2D eigenvalue weighted by molar-refractivity contribution is 0.483. The fourth-order valence-corrected chi connectivity index (χ4v) is 2.44. The van der Waals surface area contributed by atoms with Crippen LogP contribution in [0.15, 0.2) is 30.5 Å². The van der Waals surface area contributed by atoms with Crippen LogP contribution in [0.5, 0.6) is 0 Å². The Morgan fingerprint density at radius 3 is 2.85 bits per heavy atom. The molecule has 2 rings (SSSR count). The zero-order chi connectivity index (χ0) is 14.5. The van der Waals surface area contributed by atoms with Crippen molar-refractivity contribution < 1.29 is 4.39 Å². The second-order valence-corrected chi connectivity index (χ2v) is 5.26. The van der Waals surface area contributed by atoms with Crippen molar-refractivity contribution in [2.75, 3.05) is 6.54 Å². The molecule has 1 unspecified atom stereocenters. The van der Waals surface area contributed by atoms with Crippen molar-refractivity contribution in [2.45, 2.75) is 25.8 Å². The first-order valence-electron chi connectivity index (χ1n) is 6.77. The van der Waals surface area contributed by atoms with Gasteiger partial charge in [0.25, 0.3) is 0 Å². The molecule has 2 aromatic rings. The molecule has 108 valence electrons. The van der Waals surface area contributed by atoms with E-state index in [1.807, 2.05) is 17.8 Å². The number of aryl methyl sites for hydroxylation is 1. The van der Waals surface area contributed by atoms with E-state index in [2.05, 4.69) is 17.3 Å². The molecule has 1 atom stereocenters. The van der Waals surface area contributed by atoms with E-state index in [9.17, 15) is 4.39 Å². The molecule has 0 saturated heterocycles. The summed E-state index contributed by atoms with van der Waals surface area (Å²) in [6, 6.07) is 6.65. The Hall–Kier alpha value is -1.39. The van der Waals surface area contributed by atoms with Crippen molar-refractivity contribution in [3.63, 3.8) is 0 Å². The summed E-state index contributed by atoms with van der Waals surface area (Å²) in [5, 5.41) is 8.18. The largest absolute Gasteiger partial charge is 0.308 e. The van der Waals surface area contributed by atoms with Crippen molar-refractivity contribution in [1.82, 2.24) is 15.1 Å². The lowest BCUT2D eigenvalue weighted by Gasteiger charge is -2.19. The number of rotatable bonds is 6. The SMILES string of the molecule is CCCNC(Cc1cc(Cl)ccc1F)c1ccnn1C. The zero-order valence-corrected chi connectivity index (χ0v) is 12.5. The predicted molar refractivity (Wildman–Crippen MR) is 79.4 cm³/mol. The van der Waals surface area contributed by atoms with E-state index in [1.54, 1.807) is 18.3 Å². The van der Waals surface area contributed by atoms with Gasteiger partial charge in [0.1, 0.15) is 5.82 Å². The third-order valence-corrected chi connectivity index (χ3v) is 3.52. The summed E-state index contributed by atoms with van der Waals surface area (Å²) in [4.78, 5) is 0. The van der Waals surface area contributed by atoms with Crippen LogP contribution in [0.1, 0.15) is 30.6 Å². The van der Waals surface area contributed by atoms with E-state index in [0.717, 1.165) is 18.7 Å². The lowest BCUT2D eigenvalue weighted by Crippen LogP contribution is -2.26. The summed E-state index contributed by atoms with van der Waals surface area (Å²) >= 11 is 5.96. The molecule has 0 aliphatic carbocycles. The molecule has 0 bridgehead atoms. The molecule has 0 amide bonds. The Balaban J connectivity index is 2.23. The quantitative estimate of drug-likeness (QED) is 0.884. The fourth-order valence-electron chi connectivity index (χ4n) is 2.25. The minimum atomic E-state index is -0.222. The number of nitrogens with zero attached hydrogens (tertiary/aromatic N) is 2. The van der Waals surface area contributed by atoms with E-state index in [4.69, 9.17) is 11.6 Å². The van der Waals surface area contributed by atoms with Gasteiger partial charge in [-0.2, -0.15) is 5.10 Å². The summed E-state index contributed by atoms with van der Waals surface area (Å²) < 4.78 is 15.7. The third kappa shape index (κ3) is 3.58. The molecule has 0 aliphatic heterocycles. The second-order valence-electron chi connectivity index (χ2n) is 4.83. The first-order valence-corrected chi connectivity index (χ1v) is 7.14. The Morgan fingerprint density at radius 1 is 1.40 bits per heavy atom. The average Bonchev–Trinajstić information content (AvgIpc) is 2.84. The van der Waals surface area contributed by atoms with Crippen LogP contribution < -0.4 is 5.32 Å². The molecule has 0 aliphatic rings. The van der Waals surface area contributed by atoms with Crippen LogP contribution in [0.2, 0.25) is 5.02 Å². The summed E-state index contributed by atoms with van der Waals surface area (Å²) in [6.07, 6.45) is 3.32. The summed E-state index contributed by atoms with van der Waals surface area (Å²) in [7, 11) is 1.89. The van der Waals surface area contributed by atoms with Gasteiger partial charge in [-0.3, -0.25) is 4.68 Å². The number of hydrogen-bond acceptors (Lipinski definition) is 2. The first-order chi connectivity index (χ1) is 9.61. The highest BCUT2D eigenvalue weighted by molar-refractivity contribution is 6.30. The minimum Gasteiger partial charge on any atom is -0.308 e. The van der Waals surface area contributed by atoms with Crippen molar-refractivity contribution in [1.29, 1.82) is 0 Å². The average molecular weight is 296 g/mol. The predicted octanol–water partition coefficient (Wildman–Crippen LogP) is 3.50. The molecule has 0 fully saturated rings. The van der Waals surface area contributed by atoms with Crippen molar-refractivity contribution >= 4 is 11.6 Å². The molecular weight excluding hydrogens is 277 g/mol. The van der Waals surface area contributed by atoms with Gasteiger partial charge in [-0.1, -0.05) is 18.5 Å². The van der Waals surface area contributed by atoms with Gasteiger partial charge in [0, 0.05) is 18.3 Å². The number of hydrogen-bond donors (Lipinski definition) is 1. The van der Waals surface area contributed by atoms with E-state index in [-0.39, 0.29) is 11.9 Å².